The lowest BCUT2D eigenvalue weighted by Crippen LogP contribution is -2.42. The van der Waals surface area contributed by atoms with E-state index in [0.717, 1.165) is 30.6 Å². The lowest BCUT2D eigenvalue weighted by molar-refractivity contribution is -0.0797. The minimum atomic E-state index is -1.75. The molecule has 5 heteroatoms. The van der Waals surface area contributed by atoms with Crippen molar-refractivity contribution in [2.45, 2.75) is 57.8 Å². The molecule has 3 nitrogen and oxygen atoms in total. The zero-order chi connectivity index (χ0) is 17.5. The number of hydrogen-bond acceptors (Lipinski definition) is 3. The van der Waals surface area contributed by atoms with Crippen LogP contribution in [0.25, 0.3) is 0 Å². The summed E-state index contributed by atoms with van der Waals surface area (Å²) in [4.78, 5) is 0. The Morgan fingerprint density at radius 2 is 1.92 bits per heavy atom. The largest absolute Gasteiger partial charge is 0.485 e. The van der Waals surface area contributed by atoms with E-state index in [-0.39, 0.29) is 17.0 Å². The highest BCUT2D eigenvalue weighted by molar-refractivity contribution is 6.74. The molecule has 24 heavy (non-hydrogen) atoms. The molecule has 134 valence electrons. The van der Waals surface area contributed by atoms with Gasteiger partial charge in [0.2, 0.25) is 0 Å². The van der Waals surface area contributed by atoms with Gasteiger partial charge >= 0.3 is 0 Å². The van der Waals surface area contributed by atoms with E-state index in [2.05, 4.69) is 33.9 Å². The molecule has 1 unspecified atom stereocenters. The summed E-state index contributed by atoms with van der Waals surface area (Å²) in [5.41, 5.74) is 1.92. The quantitative estimate of drug-likeness (QED) is 0.738. The summed E-state index contributed by atoms with van der Waals surface area (Å²) in [6.45, 7) is 13.2. The fourth-order valence-corrected chi connectivity index (χ4v) is 4.04. The topological polar surface area (TPSA) is 27.7 Å². The van der Waals surface area contributed by atoms with E-state index in [1.54, 1.807) is 0 Å². The molecular weight excluding hydrogens is 323 g/mol. The Morgan fingerprint density at radius 3 is 2.50 bits per heavy atom. The van der Waals surface area contributed by atoms with Crippen molar-refractivity contribution in [2.24, 2.45) is 5.92 Å². The summed E-state index contributed by atoms with van der Waals surface area (Å²) in [7, 11) is -1.75. The number of fused-ring (bicyclic) bond motifs is 1. The van der Waals surface area contributed by atoms with E-state index in [1.165, 1.54) is 6.07 Å². The number of hydrogen-bond donors (Lipinski definition) is 0. The van der Waals surface area contributed by atoms with Gasteiger partial charge in [-0.05, 0) is 54.1 Å². The summed E-state index contributed by atoms with van der Waals surface area (Å²) >= 11 is 0. The van der Waals surface area contributed by atoms with Crippen LogP contribution in [0.2, 0.25) is 18.1 Å². The molecule has 1 fully saturated rings. The Morgan fingerprint density at radius 1 is 1.21 bits per heavy atom. The van der Waals surface area contributed by atoms with Gasteiger partial charge in [-0.1, -0.05) is 20.8 Å². The highest BCUT2D eigenvalue weighted by Gasteiger charge is 2.38. The highest BCUT2D eigenvalue weighted by atomic mass is 28.4. The van der Waals surface area contributed by atoms with E-state index < -0.39 is 8.32 Å². The van der Waals surface area contributed by atoms with E-state index >= 15 is 0 Å². The van der Waals surface area contributed by atoms with E-state index in [0.29, 0.717) is 24.9 Å². The van der Waals surface area contributed by atoms with Gasteiger partial charge in [-0.25, -0.2) is 4.39 Å². The van der Waals surface area contributed by atoms with Gasteiger partial charge in [0.1, 0.15) is 17.7 Å². The summed E-state index contributed by atoms with van der Waals surface area (Å²) < 4.78 is 31.6. The fraction of sp³-hybridized carbons (Fsp3) is 0.684. The zero-order valence-corrected chi connectivity index (χ0v) is 16.4. The second kappa shape index (κ2) is 6.43. The first-order valence-corrected chi connectivity index (χ1v) is 11.8. The first-order chi connectivity index (χ1) is 11.2. The molecule has 1 aliphatic carbocycles. The van der Waals surface area contributed by atoms with Gasteiger partial charge < -0.3 is 13.9 Å². The normalized spacial score (nSPS) is 21.5. The first kappa shape index (κ1) is 17.9. The summed E-state index contributed by atoms with van der Waals surface area (Å²) in [5, 5.41) is 0.204. The summed E-state index contributed by atoms with van der Waals surface area (Å²) in [6.07, 6.45) is 1.71. The minimum Gasteiger partial charge on any atom is -0.485 e. The first-order valence-electron chi connectivity index (χ1n) is 8.85. The molecule has 0 bridgehead atoms. The number of rotatable bonds is 5. The smallest absolute Gasteiger partial charge is 0.191 e. The van der Waals surface area contributed by atoms with Gasteiger partial charge in [-0.2, -0.15) is 0 Å². The SMILES string of the molecule is CC(C)(C)[Si](C)(C)OCC1Cc2cc(OC3COC3)cc(F)c2C1. The summed E-state index contributed by atoms with van der Waals surface area (Å²) in [6, 6.07) is 3.53. The Balaban J connectivity index is 1.63. The predicted octanol–water partition coefficient (Wildman–Crippen LogP) is 4.34. The van der Waals surface area contributed by atoms with E-state index in [9.17, 15) is 4.39 Å². The maximum absolute atomic E-state index is 14.4. The van der Waals surface area contributed by atoms with Crippen molar-refractivity contribution in [3.63, 3.8) is 0 Å². The molecule has 0 amide bonds. The maximum atomic E-state index is 14.4. The molecule has 1 aromatic carbocycles. The van der Waals surface area contributed by atoms with Gasteiger partial charge in [0.05, 0.1) is 13.2 Å². The zero-order valence-electron chi connectivity index (χ0n) is 15.4. The van der Waals surface area contributed by atoms with Crippen LogP contribution in [-0.4, -0.2) is 34.2 Å². The molecule has 1 aliphatic heterocycles. The van der Waals surface area contributed by atoms with Crippen molar-refractivity contribution in [3.8, 4) is 5.75 Å². The van der Waals surface area contributed by atoms with Crippen LogP contribution in [0.3, 0.4) is 0 Å². The van der Waals surface area contributed by atoms with Crippen LogP contribution in [-0.2, 0) is 22.0 Å². The van der Waals surface area contributed by atoms with Crippen molar-refractivity contribution in [1.82, 2.24) is 0 Å². The van der Waals surface area contributed by atoms with Gasteiger partial charge in [0.15, 0.2) is 8.32 Å². The molecule has 0 spiro atoms. The van der Waals surface area contributed by atoms with Crippen molar-refractivity contribution in [2.75, 3.05) is 19.8 Å². The van der Waals surface area contributed by atoms with E-state index in [4.69, 9.17) is 13.9 Å². The number of ether oxygens (including phenoxy) is 2. The molecular formula is C19H29FO3Si. The van der Waals surface area contributed by atoms with Crippen molar-refractivity contribution >= 4 is 8.32 Å². The third kappa shape index (κ3) is 3.68. The van der Waals surface area contributed by atoms with Crippen molar-refractivity contribution in [1.29, 1.82) is 0 Å². The third-order valence-corrected chi connectivity index (χ3v) is 10.2. The van der Waals surface area contributed by atoms with Crippen LogP contribution in [0.15, 0.2) is 12.1 Å². The molecule has 0 saturated carbocycles. The average molecular weight is 353 g/mol. The highest BCUT2D eigenvalue weighted by Crippen LogP contribution is 2.38. The van der Waals surface area contributed by atoms with Gasteiger partial charge in [-0.3, -0.25) is 0 Å². The Bertz CT molecular complexity index is 605. The molecule has 1 aromatic rings. The Hall–Kier alpha value is -0.913. The second-order valence-electron chi connectivity index (χ2n) is 8.67. The van der Waals surface area contributed by atoms with Crippen molar-refractivity contribution in [3.05, 3.63) is 29.1 Å². The van der Waals surface area contributed by atoms with Crippen LogP contribution >= 0.6 is 0 Å². The van der Waals surface area contributed by atoms with E-state index in [1.807, 2.05) is 6.07 Å². The van der Waals surface area contributed by atoms with Gasteiger partial charge in [0.25, 0.3) is 0 Å². The Kier molecular flexibility index (Phi) is 4.79. The Labute approximate surface area is 145 Å². The van der Waals surface area contributed by atoms with Crippen LogP contribution < -0.4 is 4.74 Å². The minimum absolute atomic E-state index is 0.0709. The lowest BCUT2D eigenvalue weighted by atomic mass is 10.1. The molecule has 1 heterocycles. The number of halogens is 1. The van der Waals surface area contributed by atoms with Crippen LogP contribution in [0.4, 0.5) is 4.39 Å². The molecule has 1 saturated heterocycles. The maximum Gasteiger partial charge on any atom is 0.191 e. The monoisotopic (exact) mass is 352 g/mol. The third-order valence-electron chi connectivity index (χ3n) is 5.66. The lowest BCUT2D eigenvalue weighted by Gasteiger charge is -2.37. The summed E-state index contributed by atoms with van der Waals surface area (Å²) in [5.74, 6) is 0.856. The molecule has 0 radical (unpaired) electrons. The molecule has 2 aliphatic rings. The molecule has 0 N–H and O–H groups in total. The standard InChI is InChI=1S/C19H29FO3Si/c1-19(2,3)24(4,5)22-10-13-6-14-8-15(23-16-11-21-12-16)9-18(20)17(14)7-13/h8-9,13,16H,6-7,10-12H2,1-5H3. The van der Waals surface area contributed by atoms with Crippen LogP contribution in [0.1, 0.15) is 31.9 Å². The molecule has 1 atom stereocenters. The van der Waals surface area contributed by atoms with Gasteiger partial charge in [-0.15, -0.1) is 0 Å². The van der Waals surface area contributed by atoms with Crippen LogP contribution in [0.5, 0.6) is 5.75 Å². The van der Waals surface area contributed by atoms with Crippen molar-refractivity contribution < 1.29 is 18.3 Å². The molecule has 3 rings (SSSR count). The van der Waals surface area contributed by atoms with Crippen LogP contribution in [0, 0.1) is 11.7 Å². The average Bonchev–Trinajstić information content (AvgIpc) is 2.83. The number of benzene rings is 1. The second-order valence-corrected chi connectivity index (χ2v) is 13.5. The fourth-order valence-electron chi connectivity index (χ4n) is 2.95. The predicted molar refractivity (Wildman–Crippen MR) is 95.7 cm³/mol. The van der Waals surface area contributed by atoms with Gasteiger partial charge in [0, 0.05) is 12.7 Å². The molecule has 0 aromatic heterocycles.